The molecule has 1 aromatic heterocycles. The summed E-state index contributed by atoms with van der Waals surface area (Å²) < 4.78 is 11.2. The maximum absolute atomic E-state index is 12.6. The van der Waals surface area contributed by atoms with E-state index in [1.54, 1.807) is 18.2 Å². The van der Waals surface area contributed by atoms with Crippen LogP contribution in [-0.4, -0.2) is 13.3 Å². The molecule has 0 aliphatic carbocycles. The van der Waals surface area contributed by atoms with Crippen LogP contribution in [0.5, 0.6) is 5.75 Å². The van der Waals surface area contributed by atoms with Crippen LogP contribution < -0.4 is 10.2 Å². The zero-order chi connectivity index (χ0) is 14.1. The number of rotatable bonds is 1. The number of methoxy groups -OCH3 is 1. The van der Waals surface area contributed by atoms with Crippen molar-refractivity contribution < 1.29 is 14.3 Å². The summed E-state index contributed by atoms with van der Waals surface area (Å²) in [5, 5.41) is 1.02. The Kier molecular flexibility index (Phi) is 3.12. The summed E-state index contributed by atoms with van der Waals surface area (Å²) in [4.78, 5) is 23.8. The Balaban J connectivity index is 2.35. The minimum Gasteiger partial charge on any atom is -0.437 e. The van der Waals surface area contributed by atoms with Gasteiger partial charge in [0.2, 0.25) is 0 Å². The summed E-state index contributed by atoms with van der Waals surface area (Å²) in [5.74, 6) is 0.223. The predicted octanol–water partition coefficient (Wildman–Crippen LogP) is 3.56. The minimum absolute atomic E-state index is 0.145. The number of ether oxygens (including phenoxy) is 2. The van der Waals surface area contributed by atoms with Crippen molar-refractivity contribution in [2.75, 3.05) is 7.11 Å². The average Bonchev–Trinajstić information content (AvgIpc) is 2.47. The van der Waals surface area contributed by atoms with Crippen LogP contribution in [0.2, 0.25) is 0 Å². The van der Waals surface area contributed by atoms with Gasteiger partial charge in [0.1, 0.15) is 5.75 Å². The van der Waals surface area contributed by atoms with E-state index in [9.17, 15) is 9.59 Å². The maximum Gasteiger partial charge on any atom is 0.513 e. The molecule has 0 fully saturated rings. The molecule has 0 aliphatic rings. The van der Waals surface area contributed by atoms with Crippen LogP contribution in [0, 0.1) is 0 Å². The largest absolute Gasteiger partial charge is 0.513 e. The molecule has 0 saturated carbocycles. The van der Waals surface area contributed by atoms with Gasteiger partial charge in [-0.05, 0) is 24.3 Å². The molecule has 0 aliphatic heterocycles. The van der Waals surface area contributed by atoms with Crippen molar-refractivity contribution in [2.24, 2.45) is 0 Å². The molecule has 1 heterocycles. The highest BCUT2D eigenvalue weighted by Crippen LogP contribution is 2.30. The van der Waals surface area contributed by atoms with Crippen molar-refractivity contribution in [2.45, 2.75) is 0 Å². The maximum atomic E-state index is 12.6. The van der Waals surface area contributed by atoms with Gasteiger partial charge in [0, 0.05) is 14.8 Å². The van der Waals surface area contributed by atoms with Crippen LogP contribution in [0.25, 0.3) is 20.2 Å². The Hall–Kier alpha value is -2.40. The Morgan fingerprint density at radius 1 is 1.05 bits per heavy atom. The zero-order valence-electron chi connectivity index (χ0n) is 10.6. The number of fused-ring (bicyclic) bond motifs is 2. The third-order valence-electron chi connectivity index (χ3n) is 2.93. The van der Waals surface area contributed by atoms with Crippen molar-refractivity contribution in [3.8, 4) is 5.75 Å². The highest BCUT2D eigenvalue weighted by atomic mass is 32.1. The second-order valence-corrected chi connectivity index (χ2v) is 5.20. The molecule has 5 heteroatoms. The summed E-state index contributed by atoms with van der Waals surface area (Å²) in [5.41, 5.74) is -0.145. The molecular weight excluding hydrogens is 276 g/mol. The Bertz CT molecular complexity index is 867. The molecule has 3 aromatic rings. The van der Waals surface area contributed by atoms with Crippen LogP contribution in [0.3, 0.4) is 0 Å². The molecule has 0 atom stereocenters. The molecule has 100 valence electrons. The molecular formula is C15H10O4S. The second-order valence-electron chi connectivity index (χ2n) is 4.11. The van der Waals surface area contributed by atoms with E-state index in [-0.39, 0.29) is 11.2 Å². The Labute approximate surface area is 118 Å². The van der Waals surface area contributed by atoms with Gasteiger partial charge in [0.15, 0.2) is 5.43 Å². The van der Waals surface area contributed by atoms with Crippen molar-refractivity contribution >= 4 is 37.7 Å². The number of hydrogen-bond acceptors (Lipinski definition) is 5. The quantitative estimate of drug-likeness (QED) is 0.390. The van der Waals surface area contributed by atoms with Gasteiger partial charge in [-0.3, -0.25) is 4.79 Å². The Morgan fingerprint density at radius 2 is 1.80 bits per heavy atom. The molecule has 0 bridgehead atoms. The first-order valence-corrected chi connectivity index (χ1v) is 6.72. The molecule has 2 aromatic carbocycles. The molecule has 0 spiro atoms. The third-order valence-corrected chi connectivity index (χ3v) is 4.06. The highest BCUT2D eigenvalue weighted by Gasteiger charge is 2.13. The van der Waals surface area contributed by atoms with E-state index >= 15 is 0 Å². The lowest BCUT2D eigenvalue weighted by molar-refractivity contribution is 0.122. The molecule has 0 N–H and O–H groups in total. The first kappa shape index (κ1) is 12.6. The van der Waals surface area contributed by atoms with Crippen LogP contribution >= 0.6 is 11.3 Å². The number of benzene rings is 2. The standard InChI is InChI=1S/C15H10O4S/c1-18-15(17)19-10-6-4-8-12-13(10)14(16)9-5-2-3-7-11(9)20-12/h2-8H,1H3. The highest BCUT2D eigenvalue weighted by molar-refractivity contribution is 7.24. The van der Waals surface area contributed by atoms with Crippen LogP contribution in [0.15, 0.2) is 47.3 Å². The summed E-state index contributed by atoms with van der Waals surface area (Å²) in [7, 11) is 1.23. The van der Waals surface area contributed by atoms with E-state index in [1.807, 2.05) is 24.3 Å². The van der Waals surface area contributed by atoms with Gasteiger partial charge in [-0.2, -0.15) is 0 Å². The van der Waals surface area contributed by atoms with E-state index in [1.165, 1.54) is 18.4 Å². The number of carbonyl (C=O) groups excluding carboxylic acids is 1. The first-order chi connectivity index (χ1) is 9.70. The van der Waals surface area contributed by atoms with Gasteiger partial charge in [-0.25, -0.2) is 4.79 Å². The molecule has 0 radical (unpaired) electrons. The van der Waals surface area contributed by atoms with Gasteiger partial charge in [0.25, 0.3) is 0 Å². The SMILES string of the molecule is COC(=O)Oc1cccc2sc3ccccc3c(=O)c12. The number of hydrogen-bond donors (Lipinski definition) is 0. The lowest BCUT2D eigenvalue weighted by Gasteiger charge is -2.06. The number of carbonyl (C=O) groups is 1. The zero-order valence-corrected chi connectivity index (χ0v) is 11.4. The van der Waals surface area contributed by atoms with Crippen LogP contribution in [0.4, 0.5) is 4.79 Å². The van der Waals surface area contributed by atoms with Gasteiger partial charge in [-0.1, -0.05) is 18.2 Å². The molecule has 3 rings (SSSR count). The van der Waals surface area contributed by atoms with Gasteiger partial charge < -0.3 is 9.47 Å². The normalized spacial score (nSPS) is 10.7. The van der Waals surface area contributed by atoms with Gasteiger partial charge in [0.05, 0.1) is 12.5 Å². The summed E-state index contributed by atoms with van der Waals surface area (Å²) in [6.07, 6.45) is -0.838. The predicted molar refractivity (Wildman–Crippen MR) is 78.6 cm³/mol. The first-order valence-electron chi connectivity index (χ1n) is 5.91. The van der Waals surface area contributed by atoms with E-state index in [2.05, 4.69) is 4.74 Å². The Morgan fingerprint density at radius 3 is 2.60 bits per heavy atom. The smallest absolute Gasteiger partial charge is 0.437 e. The van der Waals surface area contributed by atoms with Crippen molar-refractivity contribution in [1.82, 2.24) is 0 Å². The average molecular weight is 286 g/mol. The fraction of sp³-hybridized carbons (Fsp3) is 0.0667. The minimum atomic E-state index is -0.838. The van der Waals surface area contributed by atoms with Crippen LogP contribution in [-0.2, 0) is 4.74 Å². The van der Waals surface area contributed by atoms with Crippen LogP contribution in [0.1, 0.15) is 0 Å². The summed E-state index contributed by atoms with van der Waals surface area (Å²) in [6, 6.07) is 12.5. The van der Waals surface area contributed by atoms with Crippen molar-refractivity contribution in [3.63, 3.8) is 0 Å². The van der Waals surface area contributed by atoms with Crippen molar-refractivity contribution in [3.05, 3.63) is 52.7 Å². The second kappa shape index (κ2) is 4.94. The van der Waals surface area contributed by atoms with E-state index < -0.39 is 6.16 Å². The van der Waals surface area contributed by atoms with Gasteiger partial charge in [-0.15, -0.1) is 11.3 Å². The van der Waals surface area contributed by atoms with Gasteiger partial charge >= 0.3 is 6.16 Å². The van der Waals surface area contributed by atoms with E-state index in [0.29, 0.717) is 10.8 Å². The van der Waals surface area contributed by atoms with Crippen molar-refractivity contribution in [1.29, 1.82) is 0 Å². The molecule has 0 unspecified atom stereocenters. The molecule has 4 nitrogen and oxygen atoms in total. The lowest BCUT2D eigenvalue weighted by atomic mass is 10.1. The summed E-state index contributed by atoms with van der Waals surface area (Å²) in [6.45, 7) is 0. The lowest BCUT2D eigenvalue weighted by Crippen LogP contribution is -2.10. The fourth-order valence-corrected chi connectivity index (χ4v) is 3.13. The molecule has 20 heavy (non-hydrogen) atoms. The molecule has 0 saturated heterocycles. The fourth-order valence-electron chi connectivity index (χ4n) is 2.03. The van der Waals surface area contributed by atoms with E-state index in [4.69, 9.17) is 4.74 Å². The monoisotopic (exact) mass is 286 g/mol. The van der Waals surface area contributed by atoms with E-state index in [0.717, 1.165) is 9.40 Å². The summed E-state index contributed by atoms with van der Waals surface area (Å²) >= 11 is 1.48. The third kappa shape index (κ3) is 2.02. The topological polar surface area (TPSA) is 52.6 Å². The molecule has 0 amide bonds.